The number of amides is 1. The van der Waals surface area contributed by atoms with Crippen molar-refractivity contribution in [1.82, 2.24) is 9.55 Å². The summed E-state index contributed by atoms with van der Waals surface area (Å²) >= 11 is 0. The fourth-order valence-electron chi connectivity index (χ4n) is 3.63. The van der Waals surface area contributed by atoms with Crippen LogP contribution in [-0.2, 0) is 17.8 Å². The average Bonchev–Trinajstić information content (AvgIpc) is 2.86. The summed E-state index contributed by atoms with van der Waals surface area (Å²) < 4.78 is 6.90. The Balaban J connectivity index is 1.74. The Kier molecular flexibility index (Phi) is 6.31. The number of ether oxygens (including phenoxy) is 1. The van der Waals surface area contributed by atoms with Crippen molar-refractivity contribution < 1.29 is 14.3 Å². The van der Waals surface area contributed by atoms with Gasteiger partial charge >= 0.3 is 0 Å². The number of hydrogen-bond acceptors (Lipinski definition) is 5. The zero-order chi connectivity index (χ0) is 23.4. The summed E-state index contributed by atoms with van der Waals surface area (Å²) in [4.78, 5) is 43.0. The summed E-state index contributed by atoms with van der Waals surface area (Å²) in [5.41, 5.74) is 2.28. The third-order valence-electron chi connectivity index (χ3n) is 5.44. The molecular weight excluding hydrogens is 418 g/mol. The molecule has 7 nitrogen and oxygen atoms in total. The molecule has 0 saturated carbocycles. The molecule has 0 fully saturated rings. The van der Waals surface area contributed by atoms with Crippen LogP contribution in [0.15, 0.2) is 78.0 Å². The number of anilines is 1. The lowest BCUT2D eigenvalue weighted by atomic mass is 10.0. The predicted octanol–water partition coefficient (Wildman–Crippen LogP) is 3.84. The van der Waals surface area contributed by atoms with E-state index in [4.69, 9.17) is 4.74 Å². The molecule has 0 unspecified atom stereocenters. The summed E-state index contributed by atoms with van der Waals surface area (Å²) in [5.74, 6) is -0.168. The van der Waals surface area contributed by atoms with E-state index in [-0.39, 0.29) is 18.0 Å². The fourth-order valence-corrected chi connectivity index (χ4v) is 3.63. The first kappa shape index (κ1) is 22.0. The van der Waals surface area contributed by atoms with Crippen LogP contribution in [0, 0.1) is 0 Å². The summed E-state index contributed by atoms with van der Waals surface area (Å²) in [6.07, 6.45) is 5.34. The molecular formula is C26H23N3O4. The first-order valence-electron chi connectivity index (χ1n) is 10.5. The van der Waals surface area contributed by atoms with Crippen molar-refractivity contribution in [2.45, 2.75) is 19.9 Å². The Morgan fingerprint density at radius 1 is 1.03 bits per heavy atom. The van der Waals surface area contributed by atoms with Gasteiger partial charge in [-0.15, -0.1) is 0 Å². The average molecular weight is 441 g/mol. The Labute approximate surface area is 190 Å². The third kappa shape index (κ3) is 4.67. The van der Waals surface area contributed by atoms with Crippen LogP contribution in [0.4, 0.5) is 5.69 Å². The summed E-state index contributed by atoms with van der Waals surface area (Å²) in [6, 6.07) is 15.7. The number of pyridine rings is 2. The number of carbonyl (C=O) groups excluding carboxylic acids is 2. The highest BCUT2D eigenvalue weighted by molar-refractivity contribution is 6.10. The maximum atomic E-state index is 13.1. The van der Waals surface area contributed by atoms with Gasteiger partial charge in [-0.1, -0.05) is 19.1 Å². The van der Waals surface area contributed by atoms with E-state index in [1.54, 1.807) is 34.9 Å². The number of aryl methyl sites for hydroxylation is 1. The Morgan fingerprint density at radius 2 is 1.76 bits per heavy atom. The van der Waals surface area contributed by atoms with Gasteiger partial charge in [-0.25, -0.2) is 0 Å². The van der Waals surface area contributed by atoms with Crippen LogP contribution < -0.4 is 15.5 Å². The normalized spacial score (nSPS) is 10.7. The van der Waals surface area contributed by atoms with Gasteiger partial charge in [0.25, 0.3) is 0 Å². The highest BCUT2D eigenvalue weighted by Crippen LogP contribution is 2.21. The number of ketones is 1. The monoisotopic (exact) mass is 441 g/mol. The molecule has 2 aromatic heterocycles. The molecule has 0 aliphatic rings. The third-order valence-corrected chi connectivity index (χ3v) is 5.44. The molecule has 2 heterocycles. The lowest BCUT2D eigenvalue weighted by Gasteiger charge is -2.14. The molecule has 0 radical (unpaired) electrons. The van der Waals surface area contributed by atoms with Crippen LogP contribution in [0.1, 0.15) is 28.4 Å². The van der Waals surface area contributed by atoms with Crippen molar-refractivity contribution in [1.29, 1.82) is 0 Å². The number of fused-ring (bicyclic) bond motifs is 1. The molecule has 0 aliphatic carbocycles. The van der Waals surface area contributed by atoms with E-state index >= 15 is 0 Å². The van der Waals surface area contributed by atoms with Crippen LogP contribution in [-0.4, -0.2) is 28.4 Å². The van der Waals surface area contributed by atoms with Crippen molar-refractivity contribution in [3.8, 4) is 5.75 Å². The zero-order valence-corrected chi connectivity index (χ0v) is 18.4. The van der Waals surface area contributed by atoms with Gasteiger partial charge < -0.3 is 14.6 Å². The van der Waals surface area contributed by atoms with Crippen LogP contribution in [0.5, 0.6) is 5.75 Å². The number of methoxy groups -OCH3 is 1. The Bertz CT molecular complexity index is 1380. The number of benzene rings is 2. The second-order valence-corrected chi connectivity index (χ2v) is 7.55. The van der Waals surface area contributed by atoms with Crippen LogP contribution >= 0.6 is 0 Å². The van der Waals surface area contributed by atoms with E-state index in [0.717, 1.165) is 6.42 Å². The molecule has 4 aromatic rings. The van der Waals surface area contributed by atoms with E-state index in [0.29, 0.717) is 27.9 Å². The summed E-state index contributed by atoms with van der Waals surface area (Å²) in [5, 5.41) is 3.20. The van der Waals surface area contributed by atoms with Crippen molar-refractivity contribution in [3.63, 3.8) is 0 Å². The standard InChI is InChI=1S/C26H23N3O4/c1-3-17-4-6-19(7-5-17)28-24(30)16-29-15-22(25(31)18-10-12-27-13-11-18)26(32)21-9-8-20(33-2)14-23(21)29/h4-15H,3,16H2,1-2H3,(H,28,30). The highest BCUT2D eigenvalue weighted by atomic mass is 16.5. The van der Waals surface area contributed by atoms with Gasteiger partial charge in [-0.3, -0.25) is 19.4 Å². The molecule has 166 valence electrons. The van der Waals surface area contributed by atoms with Crippen molar-refractivity contribution in [3.05, 3.63) is 100 Å². The van der Waals surface area contributed by atoms with E-state index in [9.17, 15) is 14.4 Å². The van der Waals surface area contributed by atoms with E-state index < -0.39 is 11.2 Å². The SMILES string of the molecule is CCc1ccc(NC(=O)Cn2cc(C(=O)c3ccncc3)c(=O)c3ccc(OC)cc32)cc1. The minimum Gasteiger partial charge on any atom is -0.497 e. The highest BCUT2D eigenvalue weighted by Gasteiger charge is 2.18. The van der Waals surface area contributed by atoms with Gasteiger partial charge in [0.15, 0.2) is 5.78 Å². The first-order valence-corrected chi connectivity index (χ1v) is 10.5. The molecule has 0 spiro atoms. The largest absolute Gasteiger partial charge is 0.497 e. The van der Waals surface area contributed by atoms with Gasteiger partial charge in [0.05, 0.1) is 18.2 Å². The minimum atomic E-state index is -0.426. The van der Waals surface area contributed by atoms with Gasteiger partial charge in [-0.2, -0.15) is 0 Å². The fraction of sp³-hybridized carbons (Fsp3) is 0.154. The maximum Gasteiger partial charge on any atom is 0.244 e. The molecule has 1 N–H and O–H groups in total. The van der Waals surface area contributed by atoms with Gasteiger partial charge in [0.2, 0.25) is 11.3 Å². The lowest BCUT2D eigenvalue weighted by molar-refractivity contribution is -0.116. The molecule has 33 heavy (non-hydrogen) atoms. The van der Waals surface area contributed by atoms with Gasteiger partial charge in [0.1, 0.15) is 12.3 Å². The molecule has 0 atom stereocenters. The van der Waals surface area contributed by atoms with Crippen molar-refractivity contribution in [2.24, 2.45) is 0 Å². The number of nitrogens with one attached hydrogen (secondary N) is 1. The number of hydrogen-bond donors (Lipinski definition) is 1. The molecule has 0 aliphatic heterocycles. The number of nitrogens with zero attached hydrogens (tertiary/aromatic N) is 2. The van der Waals surface area contributed by atoms with Crippen molar-refractivity contribution in [2.75, 3.05) is 12.4 Å². The van der Waals surface area contributed by atoms with E-state index in [1.165, 1.54) is 31.3 Å². The van der Waals surface area contributed by atoms with Crippen molar-refractivity contribution >= 4 is 28.3 Å². The predicted molar refractivity (Wildman–Crippen MR) is 127 cm³/mol. The lowest BCUT2D eigenvalue weighted by Crippen LogP contribution is -2.24. The first-order chi connectivity index (χ1) is 16.0. The molecule has 2 aromatic carbocycles. The minimum absolute atomic E-state index is 0.0148. The van der Waals surface area contributed by atoms with E-state index in [2.05, 4.69) is 17.2 Å². The second-order valence-electron chi connectivity index (χ2n) is 7.55. The quantitative estimate of drug-likeness (QED) is 0.440. The molecule has 0 saturated heterocycles. The topological polar surface area (TPSA) is 90.3 Å². The Morgan fingerprint density at radius 3 is 2.42 bits per heavy atom. The Hall–Kier alpha value is -4.26. The molecule has 7 heteroatoms. The molecule has 1 amide bonds. The van der Waals surface area contributed by atoms with Crippen LogP contribution in [0.3, 0.4) is 0 Å². The van der Waals surface area contributed by atoms with E-state index in [1.807, 2.05) is 24.3 Å². The smallest absolute Gasteiger partial charge is 0.244 e. The number of carbonyl (C=O) groups is 2. The summed E-state index contributed by atoms with van der Waals surface area (Å²) in [7, 11) is 1.53. The molecule has 0 bridgehead atoms. The number of rotatable bonds is 7. The maximum absolute atomic E-state index is 13.1. The van der Waals surface area contributed by atoms with Gasteiger partial charge in [-0.05, 0) is 48.4 Å². The summed E-state index contributed by atoms with van der Waals surface area (Å²) in [6.45, 7) is 1.98. The second kappa shape index (κ2) is 9.48. The van der Waals surface area contributed by atoms with Crippen LogP contribution in [0.25, 0.3) is 10.9 Å². The van der Waals surface area contributed by atoms with Gasteiger partial charge in [0, 0.05) is 41.3 Å². The zero-order valence-electron chi connectivity index (χ0n) is 18.4. The molecule has 4 rings (SSSR count). The number of aromatic nitrogens is 2. The van der Waals surface area contributed by atoms with Crippen LogP contribution in [0.2, 0.25) is 0 Å².